The summed E-state index contributed by atoms with van der Waals surface area (Å²) < 4.78 is 4.83. The van der Waals surface area contributed by atoms with Crippen LogP contribution in [0.3, 0.4) is 0 Å². The number of aliphatic carboxylic acids is 1. The Morgan fingerprint density at radius 2 is 2.05 bits per heavy atom. The van der Waals surface area contributed by atoms with E-state index in [0.717, 1.165) is 12.2 Å². The van der Waals surface area contributed by atoms with Crippen LogP contribution in [0.1, 0.15) is 19.8 Å². The largest absolute Gasteiger partial charge is 0.480 e. The van der Waals surface area contributed by atoms with Gasteiger partial charge < -0.3 is 20.1 Å². The number of urea groups is 1. The minimum Gasteiger partial charge on any atom is -0.480 e. The van der Waals surface area contributed by atoms with Gasteiger partial charge in [0.05, 0.1) is 0 Å². The molecule has 7 heteroatoms. The van der Waals surface area contributed by atoms with Gasteiger partial charge in [0.15, 0.2) is 0 Å². The molecule has 2 unspecified atom stereocenters. The molecule has 0 aromatic carbocycles. The third kappa shape index (κ3) is 7.27. The van der Waals surface area contributed by atoms with Gasteiger partial charge in [0.2, 0.25) is 0 Å². The van der Waals surface area contributed by atoms with Crippen molar-refractivity contribution in [2.45, 2.75) is 31.8 Å². The molecule has 0 aliphatic carbocycles. The third-order valence-corrected chi connectivity index (χ3v) is 3.57. The van der Waals surface area contributed by atoms with Crippen LogP contribution < -0.4 is 5.32 Å². The van der Waals surface area contributed by atoms with Gasteiger partial charge in [0, 0.05) is 33.2 Å². The molecule has 0 heterocycles. The maximum atomic E-state index is 11.9. The molecule has 112 valence electrons. The second-order valence-electron chi connectivity index (χ2n) is 4.36. The summed E-state index contributed by atoms with van der Waals surface area (Å²) in [6, 6.07) is -1.20. The molecule has 0 aromatic rings. The molecule has 0 rings (SSSR count). The van der Waals surface area contributed by atoms with Crippen molar-refractivity contribution < 1.29 is 19.4 Å². The molecule has 19 heavy (non-hydrogen) atoms. The van der Waals surface area contributed by atoms with Gasteiger partial charge in [-0.3, -0.25) is 0 Å². The monoisotopic (exact) mass is 292 g/mol. The Morgan fingerprint density at radius 3 is 2.53 bits per heavy atom. The van der Waals surface area contributed by atoms with Crippen molar-refractivity contribution in [3.8, 4) is 0 Å². The van der Waals surface area contributed by atoms with E-state index in [1.807, 2.05) is 13.2 Å². The van der Waals surface area contributed by atoms with E-state index >= 15 is 0 Å². The summed E-state index contributed by atoms with van der Waals surface area (Å²) in [4.78, 5) is 24.5. The van der Waals surface area contributed by atoms with Crippen LogP contribution in [-0.2, 0) is 9.53 Å². The van der Waals surface area contributed by atoms with Crippen molar-refractivity contribution in [1.29, 1.82) is 0 Å². The highest BCUT2D eigenvalue weighted by Gasteiger charge is 2.23. The lowest BCUT2D eigenvalue weighted by molar-refractivity contribution is -0.139. The van der Waals surface area contributed by atoms with Gasteiger partial charge in [-0.2, -0.15) is 11.8 Å². The molecule has 0 saturated heterocycles. The maximum Gasteiger partial charge on any atom is 0.326 e. The predicted molar refractivity (Wildman–Crippen MR) is 76.7 cm³/mol. The first-order chi connectivity index (χ1) is 8.93. The fraction of sp³-hybridized carbons (Fsp3) is 0.833. The second-order valence-corrected chi connectivity index (χ2v) is 5.35. The third-order valence-electron chi connectivity index (χ3n) is 2.93. The fourth-order valence-electron chi connectivity index (χ4n) is 1.43. The smallest absolute Gasteiger partial charge is 0.326 e. The molecular weight excluding hydrogens is 268 g/mol. The number of rotatable bonds is 9. The summed E-state index contributed by atoms with van der Waals surface area (Å²) >= 11 is 1.72. The molecule has 2 N–H and O–H groups in total. The Morgan fingerprint density at radius 1 is 1.42 bits per heavy atom. The van der Waals surface area contributed by atoms with Crippen molar-refractivity contribution in [2.75, 3.05) is 32.8 Å². The topological polar surface area (TPSA) is 78.9 Å². The molecule has 0 aliphatic rings. The molecule has 0 saturated carbocycles. The van der Waals surface area contributed by atoms with E-state index in [1.165, 1.54) is 7.11 Å². The molecule has 2 amide bonds. The summed E-state index contributed by atoms with van der Waals surface area (Å²) in [7, 11) is 3.17. The molecule has 0 bridgehead atoms. The summed E-state index contributed by atoms with van der Waals surface area (Å²) in [5.41, 5.74) is 0. The van der Waals surface area contributed by atoms with Crippen LogP contribution in [0.25, 0.3) is 0 Å². The SMILES string of the molecule is COCCC(NC(=O)N(C)C(C)CCSC)C(=O)O. The first-order valence-electron chi connectivity index (χ1n) is 6.18. The van der Waals surface area contributed by atoms with Crippen LogP contribution in [0.5, 0.6) is 0 Å². The molecule has 0 fully saturated rings. The van der Waals surface area contributed by atoms with Gasteiger partial charge in [0.25, 0.3) is 0 Å². The average Bonchev–Trinajstić information content (AvgIpc) is 2.39. The number of carboxylic acid groups (broad SMARTS) is 1. The van der Waals surface area contributed by atoms with Crippen LogP contribution in [0, 0.1) is 0 Å². The first kappa shape index (κ1) is 18.0. The summed E-state index contributed by atoms with van der Waals surface area (Å²) in [6.07, 6.45) is 3.14. The number of thioether (sulfide) groups is 1. The lowest BCUT2D eigenvalue weighted by atomic mass is 10.2. The Hall–Kier alpha value is -0.950. The van der Waals surface area contributed by atoms with Gasteiger partial charge in [-0.05, 0) is 25.4 Å². The van der Waals surface area contributed by atoms with E-state index in [4.69, 9.17) is 9.84 Å². The molecule has 0 radical (unpaired) electrons. The zero-order valence-corrected chi connectivity index (χ0v) is 12.8. The number of carbonyl (C=O) groups is 2. The van der Waals surface area contributed by atoms with Crippen molar-refractivity contribution in [1.82, 2.24) is 10.2 Å². The molecular formula is C12H24N2O4S. The highest BCUT2D eigenvalue weighted by molar-refractivity contribution is 7.98. The van der Waals surface area contributed by atoms with Gasteiger partial charge >= 0.3 is 12.0 Å². The van der Waals surface area contributed by atoms with E-state index in [9.17, 15) is 9.59 Å². The maximum absolute atomic E-state index is 11.9. The average molecular weight is 292 g/mol. The number of carbonyl (C=O) groups excluding carboxylic acids is 1. The summed E-state index contributed by atoms with van der Waals surface area (Å²) in [5.74, 6) is -0.0827. The van der Waals surface area contributed by atoms with Crippen LogP contribution in [-0.4, -0.2) is 66.9 Å². The van der Waals surface area contributed by atoms with Crippen molar-refractivity contribution in [3.63, 3.8) is 0 Å². The van der Waals surface area contributed by atoms with Crippen molar-refractivity contribution in [2.24, 2.45) is 0 Å². The fourth-order valence-corrected chi connectivity index (χ4v) is 2.00. The van der Waals surface area contributed by atoms with E-state index in [2.05, 4.69) is 5.32 Å². The van der Waals surface area contributed by atoms with Gasteiger partial charge in [-0.25, -0.2) is 9.59 Å². The van der Waals surface area contributed by atoms with Crippen LogP contribution >= 0.6 is 11.8 Å². The summed E-state index contributed by atoms with van der Waals surface area (Å²) in [5, 5.41) is 11.5. The molecule has 6 nitrogen and oxygen atoms in total. The van der Waals surface area contributed by atoms with Gasteiger partial charge in [-0.15, -0.1) is 0 Å². The number of hydrogen-bond acceptors (Lipinski definition) is 4. The highest BCUT2D eigenvalue weighted by Crippen LogP contribution is 2.06. The first-order valence-corrected chi connectivity index (χ1v) is 7.57. The number of hydrogen-bond donors (Lipinski definition) is 2. The molecule has 2 atom stereocenters. The van der Waals surface area contributed by atoms with E-state index < -0.39 is 12.0 Å². The minimum atomic E-state index is -1.05. The van der Waals surface area contributed by atoms with E-state index in [0.29, 0.717) is 6.61 Å². The molecule has 0 spiro atoms. The summed E-state index contributed by atoms with van der Waals surface area (Å²) in [6.45, 7) is 2.24. The molecule has 0 aliphatic heterocycles. The Bertz CT molecular complexity index is 289. The van der Waals surface area contributed by atoms with Gasteiger partial charge in [-0.1, -0.05) is 0 Å². The van der Waals surface area contributed by atoms with E-state index in [-0.39, 0.29) is 18.5 Å². The van der Waals surface area contributed by atoms with Crippen LogP contribution in [0.15, 0.2) is 0 Å². The number of amides is 2. The number of nitrogens with zero attached hydrogens (tertiary/aromatic N) is 1. The van der Waals surface area contributed by atoms with Gasteiger partial charge in [0.1, 0.15) is 6.04 Å². The lowest BCUT2D eigenvalue weighted by Gasteiger charge is -2.26. The Kier molecular flexibility index (Phi) is 9.42. The number of ether oxygens (including phenoxy) is 1. The van der Waals surface area contributed by atoms with Crippen LogP contribution in [0.2, 0.25) is 0 Å². The normalized spacial score (nSPS) is 13.7. The van der Waals surface area contributed by atoms with Crippen molar-refractivity contribution in [3.05, 3.63) is 0 Å². The second kappa shape index (κ2) is 9.91. The van der Waals surface area contributed by atoms with Crippen LogP contribution in [0.4, 0.5) is 4.79 Å². The van der Waals surface area contributed by atoms with E-state index in [1.54, 1.807) is 23.7 Å². The highest BCUT2D eigenvalue weighted by atomic mass is 32.2. The predicted octanol–water partition coefficient (Wildman–Crippen LogP) is 1.26. The minimum absolute atomic E-state index is 0.0734. The zero-order valence-electron chi connectivity index (χ0n) is 12.0. The zero-order chi connectivity index (χ0) is 14.8. The quantitative estimate of drug-likeness (QED) is 0.669. The van der Waals surface area contributed by atoms with Crippen molar-refractivity contribution >= 4 is 23.8 Å². The number of nitrogens with one attached hydrogen (secondary N) is 1. The lowest BCUT2D eigenvalue weighted by Crippen LogP contribution is -2.49. The molecule has 0 aromatic heterocycles. The number of carboxylic acids is 1. The Balaban J connectivity index is 4.33. The Labute approximate surface area is 118 Å². The number of methoxy groups -OCH3 is 1. The standard InChI is InChI=1S/C12H24N2O4S/c1-9(6-8-19-4)14(2)12(17)13-10(11(15)16)5-7-18-3/h9-10H,5-8H2,1-4H3,(H,13,17)(H,15,16).